The zero-order chi connectivity index (χ0) is 16.9. The fourth-order valence-electron chi connectivity index (χ4n) is 3.53. The van der Waals surface area contributed by atoms with Gasteiger partial charge >= 0.3 is 6.03 Å². The molecule has 2 fully saturated rings. The largest absolute Gasteiger partial charge is 0.497 e. The van der Waals surface area contributed by atoms with Gasteiger partial charge in [0.25, 0.3) is 0 Å². The third-order valence-corrected chi connectivity index (χ3v) is 4.98. The Morgan fingerprint density at radius 2 is 1.79 bits per heavy atom. The molecule has 1 N–H and O–H groups in total. The lowest BCUT2D eigenvalue weighted by atomic mass is 10.2. The number of methoxy groups -OCH3 is 2. The second-order valence-corrected chi connectivity index (χ2v) is 6.44. The summed E-state index contributed by atoms with van der Waals surface area (Å²) in [7, 11) is 3.34. The summed E-state index contributed by atoms with van der Waals surface area (Å²) >= 11 is 0. The van der Waals surface area contributed by atoms with E-state index in [0.717, 1.165) is 56.2 Å². The Labute approximate surface area is 143 Å². The molecule has 1 aromatic rings. The third-order valence-electron chi connectivity index (χ3n) is 4.98. The van der Waals surface area contributed by atoms with Crippen molar-refractivity contribution in [1.29, 1.82) is 0 Å². The van der Waals surface area contributed by atoms with E-state index in [4.69, 9.17) is 9.47 Å². The monoisotopic (exact) mass is 333 g/mol. The van der Waals surface area contributed by atoms with Crippen LogP contribution in [-0.2, 0) is 0 Å². The van der Waals surface area contributed by atoms with Crippen molar-refractivity contribution in [2.45, 2.75) is 31.7 Å². The topological polar surface area (TPSA) is 54.0 Å². The van der Waals surface area contributed by atoms with Gasteiger partial charge in [-0.25, -0.2) is 4.79 Å². The number of carbonyl (C=O) groups is 1. The van der Waals surface area contributed by atoms with Crippen LogP contribution < -0.4 is 19.7 Å². The Morgan fingerprint density at radius 1 is 1.08 bits per heavy atom. The summed E-state index contributed by atoms with van der Waals surface area (Å²) in [6.07, 6.45) is 4.70. The van der Waals surface area contributed by atoms with Crippen molar-refractivity contribution in [3.8, 4) is 11.5 Å². The van der Waals surface area contributed by atoms with Crippen molar-refractivity contribution < 1.29 is 14.3 Å². The highest BCUT2D eigenvalue weighted by atomic mass is 16.5. The number of benzene rings is 1. The van der Waals surface area contributed by atoms with Crippen molar-refractivity contribution >= 4 is 11.7 Å². The maximum Gasteiger partial charge on any atom is 0.317 e. The minimum atomic E-state index is 0.0826. The molecule has 6 nitrogen and oxygen atoms in total. The Hall–Kier alpha value is -2.11. The van der Waals surface area contributed by atoms with E-state index in [-0.39, 0.29) is 6.03 Å². The standard InChI is InChI=1S/C18H27N3O3/c1-23-15-7-8-17(24-2)16(13-15)20-9-11-21(12-10-20)18(22)19-14-5-3-4-6-14/h7-8,13-14H,3-6,9-12H2,1-2H3,(H,19,22). The van der Waals surface area contributed by atoms with E-state index < -0.39 is 0 Å². The molecule has 1 aliphatic carbocycles. The summed E-state index contributed by atoms with van der Waals surface area (Å²) in [4.78, 5) is 16.5. The van der Waals surface area contributed by atoms with Gasteiger partial charge in [0, 0.05) is 38.3 Å². The number of carbonyl (C=O) groups excluding carboxylic acids is 1. The molecule has 0 spiro atoms. The molecular formula is C18H27N3O3. The number of nitrogens with zero attached hydrogens (tertiary/aromatic N) is 2. The SMILES string of the molecule is COc1ccc(OC)c(N2CCN(C(=O)NC3CCCC3)CC2)c1. The van der Waals surface area contributed by atoms with E-state index in [1.54, 1.807) is 14.2 Å². The number of anilines is 1. The van der Waals surface area contributed by atoms with Gasteiger partial charge in [0.1, 0.15) is 11.5 Å². The number of rotatable bonds is 4. The van der Waals surface area contributed by atoms with Crippen molar-refractivity contribution in [2.24, 2.45) is 0 Å². The van der Waals surface area contributed by atoms with Gasteiger partial charge in [-0.3, -0.25) is 0 Å². The first-order chi connectivity index (χ1) is 11.7. The van der Waals surface area contributed by atoms with E-state index in [1.807, 2.05) is 23.1 Å². The molecule has 132 valence electrons. The van der Waals surface area contributed by atoms with Crippen LogP contribution in [0.4, 0.5) is 10.5 Å². The Balaban J connectivity index is 1.59. The van der Waals surface area contributed by atoms with E-state index in [2.05, 4.69) is 10.2 Å². The van der Waals surface area contributed by atoms with E-state index in [9.17, 15) is 4.79 Å². The van der Waals surface area contributed by atoms with Crippen LogP contribution in [0.5, 0.6) is 11.5 Å². The molecule has 1 saturated heterocycles. The molecule has 0 aromatic heterocycles. The van der Waals surface area contributed by atoms with Crippen LogP contribution in [0.3, 0.4) is 0 Å². The predicted octanol–water partition coefficient (Wildman–Crippen LogP) is 2.48. The normalized spacial score (nSPS) is 18.6. The zero-order valence-corrected chi connectivity index (χ0v) is 14.6. The summed E-state index contributed by atoms with van der Waals surface area (Å²) in [6, 6.07) is 6.27. The number of hydrogen-bond acceptors (Lipinski definition) is 4. The summed E-state index contributed by atoms with van der Waals surface area (Å²) in [5.41, 5.74) is 1.02. The van der Waals surface area contributed by atoms with E-state index >= 15 is 0 Å². The molecule has 0 radical (unpaired) electrons. The van der Waals surface area contributed by atoms with Crippen LogP contribution in [-0.4, -0.2) is 57.4 Å². The van der Waals surface area contributed by atoms with Crippen LogP contribution >= 0.6 is 0 Å². The highest BCUT2D eigenvalue weighted by Gasteiger charge is 2.25. The van der Waals surface area contributed by atoms with Crippen molar-refractivity contribution in [1.82, 2.24) is 10.2 Å². The highest BCUT2D eigenvalue weighted by Crippen LogP contribution is 2.32. The molecular weight excluding hydrogens is 306 g/mol. The van der Waals surface area contributed by atoms with Gasteiger partial charge in [-0.05, 0) is 25.0 Å². The minimum Gasteiger partial charge on any atom is -0.497 e. The maximum absolute atomic E-state index is 12.4. The number of nitrogens with one attached hydrogen (secondary N) is 1. The van der Waals surface area contributed by atoms with Crippen LogP contribution in [0, 0.1) is 0 Å². The summed E-state index contributed by atoms with van der Waals surface area (Å²) in [5.74, 6) is 1.65. The van der Waals surface area contributed by atoms with Crippen molar-refractivity contribution in [3.05, 3.63) is 18.2 Å². The Bertz CT molecular complexity index is 565. The van der Waals surface area contributed by atoms with Gasteiger partial charge in [-0.1, -0.05) is 12.8 Å². The number of piperazine rings is 1. The average Bonchev–Trinajstić information content (AvgIpc) is 3.14. The molecule has 0 atom stereocenters. The molecule has 1 aromatic carbocycles. The first-order valence-corrected chi connectivity index (χ1v) is 8.73. The van der Waals surface area contributed by atoms with Crippen LogP contribution in [0.1, 0.15) is 25.7 Å². The lowest BCUT2D eigenvalue weighted by Crippen LogP contribution is -2.53. The van der Waals surface area contributed by atoms with Gasteiger partial charge in [0.15, 0.2) is 0 Å². The first-order valence-electron chi connectivity index (χ1n) is 8.73. The number of ether oxygens (including phenoxy) is 2. The predicted molar refractivity (Wildman–Crippen MR) is 94.1 cm³/mol. The molecule has 2 amide bonds. The minimum absolute atomic E-state index is 0.0826. The van der Waals surface area contributed by atoms with Gasteiger partial charge in [-0.2, -0.15) is 0 Å². The van der Waals surface area contributed by atoms with Crippen molar-refractivity contribution in [2.75, 3.05) is 45.3 Å². The molecule has 6 heteroatoms. The van der Waals surface area contributed by atoms with Gasteiger partial charge in [-0.15, -0.1) is 0 Å². The fourth-order valence-corrected chi connectivity index (χ4v) is 3.53. The van der Waals surface area contributed by atoms with Crippen molar-refractivity contribution in [3.63, 3.8) is 0 Å². The molecule has 1 aliphatic heterocycles. The average molecular weight is 333 g/mol. The van der Waals surface area contributed by atoms with Gasteiger partial charge in [0.2, 0.25) is 0 Å². The molecule has 24 heavy (non-hydrogen) atoms. The maximum atomic E-state index is 12.4. The second kappa shape index (κ2) is 7.64. The third kappa shape index (κ3) is 3.68. The second-order valence-electron chi connectivity index (χ2n) is 6.44. The number of amides is 2. The van der Waals surface area contributed by atoms with Gasteiger partial charge in [0.05, 0.1) is 19.9 Å². The summed E-state index contributed by atoms with van der Waals surface area (Å²) in [6.45, 7) is 3.03. The quantitative estimate of drug-likeness (QED) is 0.920. The fraction of sp³-hybridized carbons (Fsp3) is 0.611. The van der Waals surface area contributed by atoms with Crippen LogP contribution in [0.15, 0.2) is 18.2 Å². The first kappa shape index (κ1) is 16.7. The van der Waals surface area contributed by atoms with Crippen LogP contribution in [0.25, 0.3) is 0 Å². The van der Waals surface area contributed by atoms with Crippen LogP contribution in [0.2, 0.25) is 0 Å². The Morgan fingerprint density at radius 3 is 2.42 bits per heavy atom. The molecule has 0 bridgehead atoms. The number of hydrogen-bond donors (Lipinski definition) is 1. The Kier molecular flexibility index (Phi) is 5.33. The lowest BCUT2D eigenvalue weighted by molar-refractivity contribution is 0.190. The molecule has 3 rings (SSSR count). The molecule has 2 aliphatic rings. The molecule has 1 saturated carbocycles. The zero-order valence-electron chi connectivity index (χ0n) is 14.6. The lowest BCUT2D eigenvalue weighted by Gasteiger charge is -2.37. The summed E-state index contributed by atoms with van der Waals surface area (Å²) < 4.78 is 10.8. The molecule has 1 heterocycles. The van der Waals surface area contributed by atoms with Gasteiger partial charge < -0.3 is 24.6 Å². The summed E-state index contributed by atoms with van der Waals surface area (Å²) in [5, 5.41) is 3.17. The molecule has 0 unspecified atom stereocenters. The van der Waals surface area contributed by atoms with E-state index in [0.29, 0.717) is 6.04 Å². The highest BCUT2D eigenvalue weighted by molar-refractivity contribution is 5.75. The number of urea groups is 1. The van der Waals surface area contributed by atoms with E-state index in [1.165, 1.54) is 12.8 Å². The smallest absolute Gasteiger partial charge is 0.317 e.